The Kier molecular flexibility index (Phi) is 11.8. The Labute approximate surface area is 174 Å². The number of halogens is 3. The van der Waals surface area contributed by atoms with E-state index in [1.54, 1.807) is 12.1 Å². The molecule has 0 amide bonds. The molecule has 26 heavy (non-hydrogen) atoms. The van der Waals surface area contributed by atoms with Gasteiger partial charge < -0.3 is 14.3 Å². The van der Waals surface area contributed by atoms with Gasteiger partial charge in [0, 0.05) is 6.07 Å². The number of hydrogen-bond acceptors (Lipinski definition) is 4. The van der Waals surface area contributed by atoms with Gasteiger partial charge in [0.2, 0.25) is 0 Å². The topological polar surface area (TPSA) is 40.0 Å². The summed E-state index contributed by atoms with van der Waals surface area (Å²) in [5.41, 5.74) is 1.95. The fourth-order valence-electron chi connectivity index (χ4n) is 2.13. The first-order chi connectivity index (χ1) is 12.4. The summed E-state index contributed by atoms with van der Waals surface area (Å²) >= 11 is 15.2. The number of unbranched alkanes of at least 4 members (excludes halogenated alkanes) is 2. The second kappa shape index (κ2) is 13.3. The molecule has 0 radical (unpaired) electrons. The van der Waals surface area contributed by atoms with Crippen LogP contribution in [-0.2, 0) is 11.3 Å². The van der Waals surface area contributed by atoms with Crippen LogP contribution in [0.5, 0.6) is 11.5 Å². The van der Waals surface area contributed by atoms with E-state index >= 15 is 0 Å². The van der Waals surface area contributed by atoms with Crippen molar-refractivity contribution in [3.63, 3.8) is 0 Å². The molecule has 0 heterocycles. The van der Waals surface area contributed by atoms with Gasteiger partial charge in [0.25, 0.3) is 0 Å². The molecule has 0 aliphatic carbocycles. The van der Waals surface area contributed by atoms with Crippen molar-refractivity contribution in [2.45, 2.75) is 46.5 Å². The van der Waals surface area contributed by atoms with Crippen LogP contribution in [0, 0.1) is 0 Å². The van der Waals surface area contributed by atoms with Gasteiger partial charge in [-0.3, -0.25) is 0 Å². The van der Waals surface area contributed by atoms with Crippen LogP contribution >= 0.6 is 39.1 Å². The van der Waals surface area contributed by atoms with Crippen molar-refractivity contribution in [2.24, 2.45) is 5.16 Å². The summed E-state index contributed by atoms with van der Waals surface area (Å²) in [6.45, 7) is 7.49. The van der Waals surface area contributed by atoms with Crippen molar-refractivity contribution >= 4 is 44.8 Å². The van der Waals surface area contributed by atoms with E-state index in [1.165, 1.54) is 0 Å². The van der Waals surface area contributed by atoms with E-state index in [-0.39, 0.29) is 0 Å². The molecule has 0 fully saturated rings. The first-order valence-electron chi connectivity index (χ1n) is 8.66. The molecule has 0 saturated carbocycles. The van der Waals surface area contributed by atoms with Crippen molar-refractivity contribution in [3.05, 3.63) is 32.7 Å². The summed E-state index contributed by atoms with van der Waals surface area (Å²) in [6.07, 6.45) is 5.43. The van der Waals surface area contributed by atoms with Gasteiger partial charge in [-0.1, -0.05) is 35.3 Å². The van der Waals surface area contributed by atoms with Gasteiger partial charge in [0.05, 0.1) is 21.3 Å². The molecule has 1 aromatic rings. The Morgan fingerprint density at radius 1 is 1.15 bits per heavy atom. The van der Waals surface area contributed by atoms with E-state index in [2.05, 4.69) is 28.0 Å². The molecular weight excluding hydrogens is 441 g/mol. The van der Waals surface area contributed by atoms with Crippen LogP contribution in [0.2, 0.25) is 5.02 Å². The van der Waals surface area contributed by atoms with Gasteiger partial charge in [-0.15, -0.1) is 0 Å². The fraction of sp³-hybridized carbons (Fsp3) is 0.526. The molecule has 146 valence electrons. The van der Waals surface area contributed by atoms with Crippen molar-refractivity contribution in [1.29, 1.82) is 0 Å². The normalized spacial score (nSPS) is 11.2. The average molecular weight is 467 g/mol. The lowest BCUT2D eigenvalue weighted by atomic mass is 10.1. The molecule has 0 saturated heterocycles. The zero-order chi connectivity index (χ0) is 19.4. The SMILES string of the molecule is CCc1cc(OC/C=C(/Cl)Br)cc(Cl)c1OCCCCCON=C(C)C. The van der Waals surface area contributed by atoms with Crippen molar-refractivity contribution < 1.29 is 14.3 Å². The molecule has 0 unspecified atom stereocenters. The molecular formula is C19H26BrCl2NO3. The lowest BCUT2D eigenvalue weighted by molar-refractivity contribution is 0.138. The van der Waals surface area contributed by atoms with E-state index in [0.29, 0.717) is 34.5 Å². The Balaban J connectivity index is 2.46. The third-order valence-electron chi connectivity index (χ3n) is 3.34. The zero-order valence-electron chi connectivity index (χ0n) is 15.5. The van der Waals surface area contributed by atoms with E-state index in [1.807, 2.05) is 19.9 Å². The fourth-order valence-corrected chi connectivity index (χ4v) is 2.60. The van der Waals surface area contributed by atoms with E-state index < -0.39 is 0 Å². The van der Waals surface area contributed by atoms with Crippen LogP contribution in [0.15, 0.2) is 27.3 Å². The third kappa shape index (κ3) is 9.70. The lowest BCUT2D eigenvalue weighted by Gasteiger charge is -2.14. The summed E-state index contributed by atoms with van der Waals surface area (Å²) < 4.78 is 12.1. The highest BCUT2D eigenvalue weighted by Crippen LogP contribution is 2.34. The maximum atomic E-state index is 6.38. The van der Waals surface area contributed by atoms with Gasteiger partial charge in [-0.25, -0.2) is 0 Å². The monoisotopic (exact) mass is 465 g/mol. The maximum Gasteiger partial charge on any atom is 0.141 e. The number of rotatable bonds is 12. The van der Waals surface area contributed by atoms with Crippen molar-refractivity contribution in [1.82, 2.24) is 0 Å². The molecule has 0 aromatic heterocycles. The smallest absolute Gasteiger partial charge is 0.141 e. The van der Waals surface area contributed by atoms with Crippen molar-refractivity contribution in [2.75, 3.05) is 19.8 Å². The minimum Gasteiger partial charge on any atom is -0.492 e. The Bertz CT molecular complexity index is 613. The Hall–Kier alpha value is -0.910. The largest absolute Gasteiger partial charge is 0.492 e. The van der Waals surface area contributed by atoms with Gasteiger partial charge in [0.1, 0.15) is 24.7 Å². The summed E-state index contributed by atoms with van der Waals surface area (Å²) in [6, 6.07) is 3.72. The average Bonchev–Trinajstić information content (AvgIpc) is 2.57. The summed E-state index contributed by atoms with van der Waals surface area (Å²) in [7, 11) is 0. The van der Waals surface area contributed by atoms with E-state index in [0.717, 1.165) is 42.7 Å². The summed E-state index contributed by atoms with van der Waals surface area (Å²) in [5.74, 6) is 1.43. The molecule has 0 N–H and O–H groups in total. The number of oxime groups is 1. The van der Waals surface area contributed by atoms with Crippen LogP contribution in [0.4, 0.5) is 0 Å². The van der Waals surface area contributed by atoms with E-state index in [4.69, 9.17) is 37.5 Å². The highest BCUT2D eigenvalue weighted by molar-refractivity contribution is 9.12. The third-order valence-corrected chi connectivity index (χ3v) is 4.09. The second-order valence-electron chi connectivity index (χ2n) is 5.83. The minimum atomic E-state index is 0.368. The highest BCUT2D eigenvalue weighted by Gasteiger charge is 2.11. The van der Waals surface area contributed by atoms with Crippen molar-refractivity contribution in [3.8, 4) is 11.5 Å². The Morgan fingerprint density at radius 2 is 1.88 bits per heavy atom. The van der Waals surface area contributed by atoms with Crippen LogP contribution in [0.1, 0.15) is 45.6 Å². The predicted molar refractivity (Wildman–Crippen MR) is 113 cm³/mol. The molecule has 7 heteroatoms. The number of hydrogen-bond donors (Lipinski definition) is 0. The first-order valence-corrected chi connectivity index (χ1v) is 10.2. The number of nitrogens with zero attached hydrogens (tertiary/aromatic N) is 1. The molecule has 1 aromatic carbocycles. The maximum absolute atomic E-state index is 6.38. The van der Waals surface area contributed by atoms with Crippen LogP contribution < -0.4 is 9.47 Å². The molecule has 0 atom stereocenters. The quantitative estimate of drug-likeness (QED) is 0.195. The molecule has 0 spiro atoms. The molecule has 1 rings (SSSR count). The minimum absolute atomic E-state index is 0.368. The number of ether oxygens (including phenoxy) is 2. The van der Waals surface area contributed by atoms with Gasteiger partial charge in [0.15, 0.2) is 0 Å². The molecule has 0 aliphatic heterocycles. The molecule has 4 nitrogen and oxygen atoms in total. The van der Waals surface area contributed by atoms with Crippen LogP contribution in [0.3, 0.4) is 0 Å². The van der Waals surface area contributed by atoms with Gasteiger partial charge >= 0.3 is 0 Å². The number of aryl methyl sites for hydroxylation is 1. The summed E-state index contributed by atoms with van der Waals surface area (Å²) in [4.78, 5) is 5.17. The lowest BCUT2D eigenvalue weighted by Crippen LogP contribution is -2.03. The Morgan fingerprint density at radius 3 is 2.54 bits per heavy atom. The predicted octanol–water partition coefficient (Wildman–Crippen LogP) is 6.72. The summed E-state index contributed by atoms with van der Waals surface area (Å²) in [5, 5.41) is 4.47. The molecule has 0 bridgehead atoms. The molecule has 0 aliphatic rings. The van der Waals surface area contributed by atoms with Crippen LogP contribution in [-0.4, -0.2) is 25.5 Å². The standard InChI is InChI=1S/C19H26BrCl2NO3/c1-4-15-12-16(24-11-8-18(20)22)13-17(21)19(15)25-9-6-5-7-10-26-23-14(2)3/h8,12-13H,4-7,9-11H2,1-3H3/b18-8+. The first kappa shape index (κ1) is 23.1. The van der Waals surface area contributed by atoms with Gasteiger partial charge in [-0.2, -0.15) is 0 Å². The van der Waals surface area contributed by atoms with E-state index in [9.17, 15) is 0 Å². The second-order valence-corrected chi connectivity index (χ2v) is 7.96. The van der Waals surface area contributed by atoms with Crippen LogP contribution in [0.25, 0.3) is 0 Å². The zero-order valence-corrected chi connectivity index (χ0v) is 18.6. The number of benzene rings is 1. The van der Waals surface area contributed by atoms with Gasteiger partial charge in [-0.05, 0) is 73.2 Å². The highest BCUT2D eigenvalue weighted by atomic mass is 79.9.